The number of esters is 1. The minimum atomic E-state index is -1.25. The number of allylic oxidation sites excluding steroid dienone is 2. The fourth-order valence-electron chi connectivity index (χ4n) is 2.76. The maximum absolute atomic E-state index is 12.2. The molecule has 2 N–H and O–H groups in total. The van der Waals surface area contributed by atoms with Gasteiger partial charge >= 0.3 is 5.97 Å². The van der Waals surface area contributed by atoms with Crippen LogP contribution < -0.4 is 10.1 Å². The van der Waals surface area contributed by atoms with Crippen LogP contribution in [0.25, 0.3) is 0 Å². The van der Waals surface area contributed by atoms with Gasteiger partial charge in [-0.1, -0.05) is 0 Å². The van der Waals surface area contributed by atoms with Crippen LogP contribution in [0.1, 0.15) is 25.0 Å². The summed E-state index contributed by atoms with van der Waals surface area (Å²) in [5, 5.41) is 13.1. The Labute approximate surface area is 136 Å². The molecule has 2 aliphatic heterocycles. The van der Waals surface area contributed by atoms with E-state index in [2.05, 4.69) is 21.2 Å². The van der Waals surface area contributed by atoms with E-state index in [9.17, 15) is 9.90 Å². The van der Waals surface area contributed by atoms with Crippen molar-refractivity contribution in [2.75, 3.05) is 5.32 Å². The summed E-state index contributed by atoms with van der Waals surface area (Å²) < 4.78 is 12.0. The highest BCUT2D eigenvalue weighted by atomic mass is 79.9. The summed E-state index contributed by atoms with van der Waals surface area (Å²) in [4.78, 5) is 12.2. The van der Waals surface area contributed by atoms with Gasteiger partial charge in [-0.2, -0.15) is 0 Å². The molecule has 0 aromatic heterocycles. The van der Waals surface area contributed by atoms with E-state index in [-0.39, 0.29) is 11.3 Å². The second-order valence-electron chi connectivity index (χ2n) is 5.58. The second kappa shape index (κ2) is 4.78. The molecule has 116 valence electrons. The largest absolute Gasteiger partial charge is 0.512 e. The number of hydrogen-bond acceptors (Lipinski definition) is 5. The molecule has 1 aromatic carbocycles. The zero-order valence-corrected chi connectivity index (χ0v) is 14.3. The van der Waals surface area contributed by atoms with Crippen molar-refractivity contribution >= 4 is 27.6 Å². The van der Waals surface area contributed by atoms with Crippen molar-refractivity contribution in [2.45, 2.75) is 33.4 Å². The summed E-state index contributed by atoms with van der Waals surface area (Å²) in [6, 6.07) is 1.96. The molecule has 1 atom stereocenters. The van der Waals surface area contributed by atoms with Gasteiger partial charge in [-0.15, -0.1) is 0 Å². The van der Waals surface area contributed by atoms with E-state index in [1.54, 1.807) is 13.0 Å². The van der Waals surface area contributed by atoms with Crippen molar-refractivity contribution in [1.29, 1.82) is 0 Å². The average molecular weight is 366 g/mol. The Balaban J connectivity index is 2.21. The number of nitrogens with one attached hydrogen (secondary N) is 1. The molecule has 3 rings (SSSR count). The molecule has 2 heterocycles. The predicted molar refractivity (Wildman–Crippen MR) is 85.8 cm³/mol. The number of aliphatic hydroxyl groups excluding tert-OH is 1. The number of benzene rings is 1. The van der Waals surface area contributed by atoms with Crippen LogP contribution in [-0.4, -0.2) is 16.8 Å². The fraction of sp³-hybridized carbons (Fsp3) is 0.312. The highest BCUT2D eigenvalue weighted by Gasteiger charge is 2.50. The van der Waals surface area contributed by atoms with Crippen molar-refractivity contribution in [3.05, 3.63) is 44.8 Å². The number of cyclic esters (lactones) is 1. The summed E-state index contributed by atoms with van der Waals surface area (Å²) in [6.07, 6.45) is 1.65. The lowest BCUT2D eigenvalue weighted by molar-refractivity contribution is -0.138. The molecule has 1 aromatic rings. The van der Waals surface area contributed by atoms with Crippen molar-refractivity contribution in [1.82, 2.24) is 0 Å². The van der Waals surface area contributed by atoms with Gasteiger partial charge in [0.05, 0.1) is 10.2 Å². The molecule has 5 nitrogen and oxygen atoms in total. The number of halogens is 1. The Morgan fingerprint density at radius 2 is 2.05 bits per heavy atom. The summed E-state index contributed by atoms with van der Waals surface area (Å²) in [5.41, 5.74) is 1.71. The van der Waals surface area contributed by atoms with Gasteiger partial charge < -0.3 is 19.9 Å². The normalized spacial score (nSPS) is 25.1. The number of anilines is 1. The maximum Gasteiger partial charge on any atom is 0.349 e. The third kappa shape index (κ3) is 2.01. The van der Waals surface area contributed by atoms with E-state index in [1.807, 2.05) is 19.9 Å². The van der Waals surface area contributed by atoms with Gasteiger partial charge in [0, 0.05) is 6.08 Å². The first kappa shape index (κ1) is 15.0. The first-order valence-corrected chi connectivity index (χ1v) is 7.63. The van der Waals surface area contributed by atoms with E-state index >= 15 is 0 Å². The molecule has 2 aliphatic rings. The molecule has 0 fully saturated rings. The lowest BCUT2D eigenvalue weighted by atomic mass is 9.98. The van der Waals surface area contributed by atoms with Gasteiger partial charge in [0.1, 0.15) is 17.1 Å². The van der Waals surface area contributed by atoms with Gasteiger partial charge in [0.2, 0.25) is 5.72 Å². The van der Waals surface area contributed by atoms with E-state index in [1.165, 1.54) is 6.92 Å². The van der Waals surface area contributed by atoms with E-state index in [4.69, 9.17) is 9.47 Å². The number of aryl methyl sites for hydroxylation is 1. The van der Waals surface area contributed by atoms with Gasteiger partial charge in [-0.05, 0) is 60.8 Å². The quantitative estimate of drug-likeness (QED) is 0.415. The van der Waals surface area contributed by atoms with E-state index < -0.39 is 11.7 Å². The monoisotopic (exact) mass is 365 g/mol. The number of carbonyl (C=O) groups is 1. The van der Waals surface area contributed by atoms with Crippen molar-refractivity contribution < 1.29 is 19.4 Å². The number of carbonyl (C=O) groups excluding carboxylic acids is 1. The van der Waals surface area contributed by atoms with E-state index in [0.717, 1.165) is 21.3 Å². The highest BCUT2D eigenvalue weighted by molar-refractivity contribution is 9.10. The van der Waals surface area contributed by atoms with Gasteiger partial charge in [-0.3, -0.25) is 0 Å². The topological polar surface area (TPSA) is 67.8 Å². The van der Waals surface area contributed by atoms with Crippen LogP contribution in [0.2, 0.25) is 0 Å². The zero-order valence-electron chi connectivity index (χ0n) is 12.7. The molecule has 0 amide bonds. The van der Waals surface area contributed by atoms with Crippen LogP contribution in [0.4, 0.5) is 5.69 Å². The van der Waals surface area contributed by atoms with Crippen LogP contribution in [0.5, 0.6) is 5.75 Å². The SMILES string of the molecule is CC1=C[C@@]2(Nc3cc(C)c(C)c(Br)c3O2)C(=C(C)O)C(=O)O1. The minimum absolute atomic E-state index is 0.0523. The molecule has 0 radical (unpaired) electrons. The molecule has 6 heteroatoms. The van der Waals surface area contributed by atoms with Gasteiger partial charge in [0.25, 0.3) is 0 Å². The summed E-state index contributed by atoms with van der Waals surface area (Å²) in [7, 11) is 0. The molecule has 1 spiro atoms. The van der Waals surface area contributed by atoms with Gasteiger partial charge in [0.15, 0.2) is 5.75 Å². The zero-order chi connectivity index (χ0) is 16.2. The first-order chi connectivity index (χ1) is 10.2. The molecule has 0 aliphatic carbocycles. The van der Waals surface area contributed by atoms with Crippen LogP contribution >= 0.6 is 15.9 Å². The third-order valence-corrected chi connectivity index (χ3v) is 4.86. The van der Waals surface area contributed by atoms with Crippen molar-refractivity contribution in [2.24, 2.45) is 0 Å². The van der Waals surface area contributed by atoms with Crippen molar-refractivity contribution in [3.8, 4) is 5.75 Å². The minimum Gasteiger partial charge on any atom is -0.512 e. The fourth-order valence-corrected chi connectivity index (χ4v) is 3.37. The summed E-state index contributed by atoms with van der Waals surface area (Å²) >= 11 is 3.54. The van der Waals surface area contributed by atoms with Crippen LogP contribution in [0, 0.1) is 13.8 Å². The van der Waals surface area contributed by atoms with E-state index in [0.29, 0.717) is 11.5 Å². The van der Waals surface area contributed by atoms with Crippen molar-refractivity contribution in [3.63, 3.8) is 0 Å². The Morgan fingerprint density at radius 1 is 1.36 bits per heavy atom. The van der Waals surface area contributed by atoms with Crippen LogP contribution in [0.3, 0.4) is 0 Å². The lowest BCUT2D eigenvalue weighted by Gasteiger charge is -2.31. The molecule has 0 unspecified atom stereocenters. The third-order valence-electron chi connectivity index (χ3n) is 3.91. The summed E-state index contributed by atoms with van der Waals surface area (Å²) in [6.45, 7) is 7.09. The number of rotatable bonds is 0. The molecule has 0 saturated carbocycles. The number of ether oxygens (including phenoxy) is 2. The second-order valence-corrected chi connectivity index (χ2v) is 6.37. The van der Waals surface area contributed by atoms with Gasteiger partial charge in [-0.25, -0.2) is 4.79 Å². The predicted octanol–water partition coefficient (Wildman–Crippen LogP) is 3.86. The Kier molecular flexibility index (Phi) is 3.25. The molecule has 0 bridgehead atoms. The smallest absolute Gasteiger partial charge is 0.349 e. The highest BCUT2D eigenvalue weighted by Crippen LogP contribution is 2.49. The average Bonchev–Trinajstić information content (AvgIpc) is 2.73. The molecule has 22 heavy (non-hydrogen) atoms. The molecular weight excluding hydrogens is 350 g/mol. The number of fused-ring (bicyclic) bond motifs is 1. The molecule has 0 saturated heterocycles. The number of aliphatic hydroxyl groups is 1. The number of hydrogen-bond donors (Lipinski definition) is 2. The summed E-state index contributed by atoms with van der Waals surface area (Å²) in [5.74, 6) is 0.268. The maximum atomic E-state index is 12.2. The van der Waals surface area contributed by atoms with Crippen LogP contribution in [0.15, 0.2) is 33.7 Å². The molecular formula is C16H16BrNO4. The Morgan fingerprint density at radius 3 is 2.68 bits per heavy atom. The van der Waals surface area contributed by atoms with Crippen LogP contribution in [-0.2, 0) is 9.53 Å². The standard InChI is InChI=1S/C16H16BrNO4/c1-7-5-11-14(13(17)9(7)3)22-16(18-11)6-8(2)21-15(20)12(16)10(4)19/h5-6,18-19H,1-4H3/t16-/m0/s1. The Bertz CT molecular complexity index is 762. The Hall–Kier alpha value is -1.95. The first-order valence-electron chi connectivity index (χ1n) is 6.84. The lowest BCUT2D eigenvalue weighted by Crippen LogP contribution is -2.47.